The van der Waals surface area contributed by atoms with E-state index in [4.69, 9.17) is 0 Å². The van der Waals surface area contributed by atoms with Gasteiger partial charge in [-0.15, -0.1) is 0 Å². The van der Waals surface area contributed by atoms with Crippen LogP contribution in [0.5, 0.6) is 0 Å². The number of hydrogen-bond acceptors (Lipinski definition) is 4. The van der Waals surface area contributed by atoms with Crippen LogP contribution in [0.25, 0.3) is 0 Å². The summed E-state index contributed by atoms with van der Waals surface area (Å²) in [5.74, 6) is -0.0217. The van der Waals surface area contributed by atoms with E-state index in [0.717, 1.165) is 35.2 Å². The standard InChI is InChI=1S/C27H28N4O2/c32-25-12-11-23(27(33)30-15-13-22-17-28-19-29-24(22)14-16-30)26(21-9-5-2-6-10-21)31(25)18-20-7-3-1-4-8-20/h1-10,17,19,23,26H,11-16,18H2. The van der Waals surface area contributed by atoms with Gasteiger partial charge in [0.05, 0.1) is 12.0 Å². The number of aromatic nitrogens is 2. The second kappa shape index (κ2) is 9.53. The number of fused-ring (bicyclic) bond motifs is 1. The molecule has 3 heterocycles. The van der Waals surface area contributed by atoms with Crippen molar-refractivity contribution in [1.82, 2.24) is 19.8 Å². The Morgan fingerprint density at radius 1 is 0.939 bits per heavy atom. The van der Waals surface area contributed by atoms with Gasteiger partial charge >= 0.3 is 0 Å². The van der Waals surface area contributed by atoms with Crippen molar-refractivity contribution in [2.24, 2.45) is 5.92 Å². The molecule has 33 heavy (non-hydrogen) atoms. The number of nitrogens with zero attached hydrogens (tertiary/aromatic N) is 4. The van der Waals surface area contributed by atoms with E-state index in [1.165, 1.54) is 0 Å². The predicted molar refractivity (Wildman–Crippen MR) is 125 cm³/mol. The zero-order valence-electron chi connectivity index (χ0n) is 18.6. The van der Waals surface area contributed by atoms with Crippen LogP contribution in [0, 0.1) is 5.92 Å². The third kappa shape index (κ3) is 4.51. The summed E-state index contributed by atoms with van der Waals surface area (Å²) in [7, 11) is 0. The summed E-state index contributed by atoms with van der Waals surface area (Å²) in [5.41, 5.74) is 4.24. The lowest BCUT2D eigenvalue weighted by molar-refractivity contribution is -0.148. The number of carbonyl (C=O) groups is 2. The fraction of sp³-hybridized carbons (Fsp3) is 0.333. The van der Waals surface area contributed by atoms with Crippen LogP contribution in [0.1, 0.15) is 41.3 Å². The summed E-state index contributed by atoms with van der Waals surface area (Å²) < 4.78 is 0. The van der Waals surface area contributed by atoms with Gasteiger partial charge in [-0.2, -0.15) is 0 Å². The van der Waals surface area contributed by atoms with E-state index in [1.807, 2.05) is 76.7 Å². The molecule has 2 aliphatic heterocycles. The van der Waals surface area contributed by atoms with E-state index in [2.05, 4.69) is 9.97 Å². The topological polar surface area (TPSA) is 66.4 Å². The van der Waals surface area contributed by atoms with Crippen molar-refractivity contribution in [3.63, 3.8) is 0 Å². The zero-order valence-corrected chi connectivity index (χ0v) is 18.6. The highest BCUT2D eigenvalue weighted by Gasteiger charge is 2.42. The first kappa shape index (κ1) is 21.3. The third-order valence-electron chi connectivity index (χ3n) is 6.82. The largest absolute Gasteiger partial charge is 0.342 e. The Labute approximate surface area is 194 Å². The van der Waals surface area contributed by atoms with Crippen molar-refractivity contribution in [3.05, 3.63) is 95.6 Å². The van der Waals surface area contributed by atoms with Gasteiger partial charge in [0.25, 0.3) is 0 Å². The quantitative estimate of drug-likeness (QED) is 0.622. The summed E-state index contributed by atoms with van der Waals surface area (Å²) in [4.78, 5) is 39.5. The van der Waals surface area contributed by atoms with Crippen LogP contribution in [0.2, 0.25) is 0 Å². The normalized spacial score (nSPS) is 20.8. The molecule has 1 aromatic heterocycles. The van der Waals surface area contributed by atoms with Crippen LogP contribution in [-0.2, 0) is 29.0 Å². The molecule has 2 unspecified atom stereocenters. The van der Waals surface area contributed by atoms with Gasteiger partial charge in [0.2, 0.25) is 11.8 Å². The minimum atomic E-state index is -0.273. The Morgan fingerprint density at radius 2 is 1.67 bits per heavy atom. The highest BCUT2D eigenvalue weighted by atomic mass is 16.2. The van der Waals surface area contributed by atoms with E-state index >= 15 is 0 Å². The molecular formula is C27H28N4O2. The molecule has 2 amide bonds. The van der Waals surface area contributed by atoms with Crippen molar-refractivity contribution in [1.29, 1.82) is 0 Å². The molecule has 0 saturated carbocycles. The SMILES string of the molecule is O=C(C1CCC(=O)N(Cc2ccccc2)C1c1ccccc1)N1CCc2cncnc2CC1. The number of rotatable bonds is 4. The smallest absolute Gasteiger partial charge is 0.228 e. The maximum Gasteiger partial charge on any atom is 0.228 e. The summed E-state index contributed by atoms with van der Waals surface area (Å²) in [6, 6.07) is 19.8. The molecule has 5 rings (SSSR count). The number of likely N-dealkylation sites (tertiary alicyclic amines) is 1. The second-order valence-electron chi connectivity index (χ2n) is 8.83. The fourth-order valence-electron chi connectivity index (χ4n) is 5.12. The van der Waals surface area contributed by atoms with Gasteiger partial charge < -0.3 is 9.80 Å². The molecular weight excluding hydrogens is 412 g/mol. The minimum absolute atomic E-state index is 0.107. The number of benzene rings is 2. The van der Waals surface area contributed by atoms with Crippen molar-refractivity contribution in [2.75, 3.05) is 13.1 Å². The van der Waals surface area contributed by atoms with Crippen LogP contribution in [0.15, 0.2) is 73.2 Å². The average molecular weight is 441 g/mol. The highest BCUT2D eigenvalue weighted by Crippen LogP contribution is 2.39. The van der Waals surface area contributed by atoms with E-state index in [-0.39, 0.29) is 23.8 Å². The number of amides is 2. The Hall–Kier alpha value is -3.54. The fourth-order valence-corrected chi connectivity index (χ4v) is 5.12. The maximum absolute atomic E-state index is 13.9. The molecule has 2 aromatic carbocycles. The number of hydrogen-bond donors (Lipinski definition) is 0. The van der Waals surface area contributed by atoms with Crippen LogP contribution in [0.4, 0.5) is 0 Å². The van der Waals surface area contributed by atoms with Gasteiger partial charge in [-0.1, -0.05) is 60.7 Å². The molecule has 6 heteroatoms. The van der Waals surface area contributed by atoms with E-state index in [1.54, 1.807) is 6.33 Å². The third-order valence-corrected chi connectivity index (χ3v) is 6.82. The molecule has 0 radical (unpaired) electrons. The monoisotopic (exact) mass is 440 g/mol. The van der Waals surface area contributed by atoms with E-state index in [0.29, 0.717) is 32.5 Å². The Bertz CT molecular complexity index is 1090. The Morgan fingerprint density at radius 3 is 2.45 bits per heavy atom. The molecule has 1 saturated heterocycles. The van der Waals surface area contributed by atoms with Crippen molar-refractivity contribution in [3.8, 4) is 0 Å². The summed E-state index contributed by atoms with van der Waals surface area (Å²) in [6.07, 6.45) is 5.91. The van der Waals surface area contributed by atoms with Crippen LogP contribution < -0.4 is 0 Å². The number of carbonyl (C=O) groups excluding carboxylic acids is 2. The summed E-state index contributed by atoms with van der Waals surface area (Å²) in [6.45, 7) is 1.81. The van der Waals surface area contributed by atoms with Crippen molar-refractivity contribution in [2.45, 2.75) is 38.3 Å². The Kier molecular flexibility index (Phi) is 6.15. The molecule has 168 valence electrons. The predicted octanol–water partition coefficient (Wildman–Crippen LogP) is 3.58. The lowest BCUT2D eigenvalue weighted by Gasteiger charge is -2.42. The Balaban J connectivity index is 1.43. The minimum Gasteiger partial charge on any atom is -0.342 e. The highest BCUT2D eigenvalue weighted by molar-refractivity contribution is 5.85. The first-order valence-electron chi connectivity index (χ1n) is 11.7. The van der Waals surface area contributed by atoms with Crippen molar-refractivity contribution >= 4 is 11.8 Å². The molecule has 6 nitrogen and oxygen atoms in total. The van der Waals surface area contributed by atoms with Gasteiger partial charge in [0.15, 0.2) is 0 Å². The van der Waals surface area contributed by atoms with Gasteiger partial charge in [-0.3, -0.25) is 9.59 Å². The van der Waals surface area contributed by atoms with Gasteiger partial charge in [0, 0.05) is 44.4 Å². The summed E-state index contributed by atoms with van der Waals surface area (Å²) in [5, 5.41) is 0. The molecule has 1 fully saturated rings. The number of piperidine rings is 1. The van der Waals surface area contributed by atoms with Crippen LogP contribution in [-0.4, -0.2) is 44.7 Å². The molecule has 0 spiro atoms. The molecule has 0 N–H and O–H groups in total. The first-order chi connectivity index (χ1) is 16.2. The lowest BCUT2D eigenvalue weighted by Crippen LogP contribution is -2.49. The molecule has 3 aromatic rings. The van der Waals surface area contributed by atoms with Gasteiger partial charge in [-0.05, 0) is 29.5 Å². The molecule has 0 aliphatic carbocycles. The molecule has 0 bridgehead atoms. The lowest BCUT2D eigenvalue weighted by atomic mass is 9.83. The molecule has 2 aliphatic rings. The van der Waals surface area contributed by atoms with Crippen LogP contribution in [0.3, 0.4) is 0 Å². The first-order valence-corrected chi connectivity index (χ1v) is 11.7. The van der Waals surface area contributed by atoms with Crippen molar-refractivity contribution < 1.29 is 9.59 Å². The van der Waals surface area contributed by atoms with E-state index < -0.39 is 0 Å². The maximum atomic E-state index is 13.9. The second-order valence-corrected chi connectivity index (χ2v) is 8.83. The zero-order chi connectivity index (χ0) is 22.6. The molecule has 2 atom stereocenters. The van der Waals surface area contributed by atoms with Gasteiger partial charge in [0.1, 0.15) is 6.33 Å². The van der Waals surface area contributed by atoms with Gasteiger partial charge in [-0.25, -0.2) is 9.97 Å². The average Bonchev–Trinajstić information content (AvgIpc) is 3.09. The van der Waals surface area contributed by atoms with Crippen LogP contribution >= 0.6 is 0 Å². The van der Waals surface area contributed by atoms with E-state index in [9.17, 15) is 9.59 Å². The summed E-state index contributed by atoms with van der Waals surface area (Å²) >= 11 is 0.